The number of hydrogen-bond donors (Lipinski definition) is 0. The van der Waals surface area contributed by atoms with Crippen molar-refractivity contribution in [3.8, 4) is 89.5 Å². The molecular formula is C55H36N2. The summed E-state index contributed by atoms with van der Waals surface area (Å²) in [6.07, 6.45) is 0. The van der Waals surface area contributed by atoms with E-state index in [-0.39, 0.29) is 0 Å². The molecule has 1 aliphatic carbocycles. The van der Waals surface area contributed by atoms with Gasteiger partial charge in [-0.25, -0.2) is 9.97 Å². The molecule has 1 heterocycles. The van der Waals surface area contributed by atoms with Crippen molar-refractivity contribution in [2.24, 2.45) is 0 Å². The van der Waals surface area contributed by atoms with Gasteiger partial charge in [0.25, 0.3) is 0 Å². The topological polar surface area (TPSA) is 25.8 Å². The molecule has 0 N–H and O–H groups in total. The van der Waals surface area contributed by atoms with E-state index >= 15 is 0 Å². The number of benzene rings is 9. The zero-order valence-corrected chi connectivity index (χ0v) is 31.4. The van der Waals surface area contributed by atoms with Gasteiger partial charge in [0, 0.05) is 22.3 Å². The first kappa shape index (κ1) is 33.0. The van der Waals surface area contributed by atoms with E-state index in [1.165, 1.54) is 77.2 Å². The van der Waals surface area contributed by atoms with Gasteiger partial charge < -0.3 is 0 Å². The number of fused-ring (bicyclic) bond motifs is 4. The van der Waals surface area contributed by atoms with E-state index in [1.807, 2.05) is 24.3 Å². The zero-order chi connectivity index (χ0) is 37.9. The number of hydrogen-bond acceptors (Lipinski definition) is 2. The molecule has 0 spiro atoms. The first-order valence-electron chi connectivity index (χ1n) is 19.6. The van der Waals surface area contributed by atoms with E-state index in [2.05, 4.69) is 183 Å². The Bertz CT molecular complexity index is 3120. The van der Waals surface area contributed by atoms with Gasteiger partial charge in [0.05, 0.1) is 11.4 Å². The minimum atomic E-state index is 0.723. The minimum Gasteiger partial charge on any atom is -0.228 e. The Morgan fingerprint density at radius 3 is 1.47 bits per heavy atom. The lowest BCUT2D eigenvalue weighted by Gasteiger charge is -2.17. The van der Waals surface area contributed by atoms with Crippen molar-refractivity contribution in [2.75, 3.05) is 0 Å². The minimum absolute atomic E-state index is 0.723. The summed E-state index contributed by atoms with van der Waals surface area (Å²) in [5, 5.41) is 5.10. The predicted octanol–water partition coefficient (Wildman–Crippen LogP) is 14.7. The van der Waals surface area contributed by atoms with Crippen LogP contribution in [0.1, 0.15) is 5.56 Å². The molecule has 0 radical (unpaired) electrons. The molecule has 266 valence electrons. The molecular weight excluding hydrogens is 689 g/mol. The lowest BCUT2D eigenvalue weighted by Crippen LogP contribution is -2.00. The lowest BCUT2D eigenvalue weighted by molar-refractivity contribution is 1.15. The highest BCUT2D eigenvalue weighted by Crippen LogP contribution is 2.49. The standard InChI is InChI=1S/C55H36N2/c1-35-53(40-14-4-2-5-15-40)56-55(42-16-6-3-7-17-42)57-54(35)41-29-27-39(28-30-41)51-44-18-9-8-13-36(44)31-32-45(51)38-25-23-37(24-26-38)43-33-34-50-47-20-11-10-19-46(47)49-22-12-21-48(43)52(49)50/h2-34H,1H3. The van der Waals surface area contributed by atoms with Crippen LogP contribution in [0, 0.1) is 6.92 Å². The second-order valence-electron chi connectivity index (χ2n) is 14.9. The van der Waals surface area contributed by atoms with Crippen LogP contribution in [0.3, 0.4) is 0 Å². The number of rotatable bonds is 6. The Kier molecular flexibility index (Phi) is 7.75. The van der Waals surface area contributed by atoms with E-state index < -0.39 is 0 Å². The van der Waals surface area contributed by atoms with Crippen molar-refractivity contribution in [3.63, 3.8) is 0 Å². The third kappa shape index (κ3) is 5.49. The van der Waals surface area contributed by atoms with Crippen molar-refractivity contribution in [3.05, 3.63) is 206 Å². The fourth-order valence-corrected chi connectivity index (χ4v) is 8.90. The molecule has 0 saturated heterocycles. The maximum atomic E-state index is 5.18. The van der Waals surface area contributed by atoms with Gasteiger partial charge in [-0.2, -0.15) is 0 Å². The Morgan fingerprint density at radius 2 is 0.772 bits per heavy atom. The van der Waals surface area contributed by atoms with Crippen LogP contribution in [-0.2, 0) is 0 Å². The van der Waals surface area contributed by atoms with E-state index in [0.29, 0.717) is 0 Å². The van der Waals surface area contributed by atoms with E-state index in [4.69, 9.17) is 9.97 Å². The molecule has 10 aromatic rings. The van der Waals surface area contributed by atoms with Crippen LogP contribution in [0.2, 0.25) is 0 Å². The van der Waals surface area contributed by atoms with Crippen molar-refractivity contribution >= 4 is 21.5 Å². The fraction of sp³-hybridized carbons (Fsp3) is 0.0182. The van der Waals surface area contributed by atoms with Crippen LogP contribution in [0.4, 0.5) is 0 Å². The Morgan fingerprint density at radius 1 is 0.298 bits per heavy atom. The van der Waals surface area contributed by atoms with Gasteiger partial charge in [0.15, 0.2) is 5.82 Å². The first-order valence-corrected chi connectivity index (χ1v) is 19.6. The van der Waals surface area contributed by atoms with E-state index in [0.717, 1.165) is 39.5 Å². The molecule has 11 rings (SSSR count). The van der Waals surface area contributed by atoms with E-state index in [1.54, 1.807) is 0 Å². The van der Waals surface area contributed by atoms with Crippen LogP contribution in [0.15, 0.2) is 200 Å². The third-order valence-corrected chi connectivity index (χ3v) is 11.7. The Labute approximate surface area is 332 Å². The van der Waals surface area contributed by atoms with Gasteiger partial charge in [0.2, 0.25) is 0 Å². The molecule has 1 aromatic heterocycles. The van der Waals surface area contributed by atoms with Crippen LogP contribution in [0.5, 0.6) is 0 Å². The average Bonchev–Trinajstić information content (AvgIpc) is 3.61. The van der Waals surface area contributed by atoms with Gasteiger partial charge in [-0.3, -0.25) is 0 Å². The molecule has 1 aliphatic rings. The van der Waals surface area contributed by atoms with Gasteiger partial charge in [-0.05, 0) is 84.1 Å². The first-order chi connectivity index (χ1) is 28.2. The highest BCUT2D eigenvalue weighted by atomic mass is 14.9. The Balaban J connectivity index is 1.00. The van der Waals surface area contributed by atoms with Crippen LogP contribution >= 0.6 is 0 Å². The van der Waals surface area contributed by atoms with Crippen molar-refractivity contribution < 1.29 is 0 Å². The smallest absolute Gasteiger partial charge is 0.160 e. The maximum Gasteiger partial charge on any atom is 0.160 e. The highest BCUT2D eigenvalue weighted by Gasteiger charge is 2.22. The normalized spacial score (nSPS) is 11.6. The summed E-state index contributed by atoms with van der Waals surface area (Å²) in [5.41, 5.74) is 18.7. The van der Waals surface area contributed by atoms with Crippen LogP contribution in [0.25, 0.3) is 111 Å². The fourth-order valence-electron chi connectivity index (χ4n) is 8.90. The summed E-state index contributed by atoms with van der Waals surface area (Å²) < 4.78 is 0. The summed E-state index contributed by atoms with van der Waals surface area (Å²) in [7, 11) is 0. The van der Waals surface area contributed by atoms with Crippen LogP contribution in [-0.4, -0.2) is 9.97 Å². The quantitative estimate of drug-likeness (QED) is 0.171. The molecule has 0 aliphatic heterocycles. The predicted molar refractivity (Wildman–Crippen MR) is 239 cm³/mol. The van der Waals surface area contributed by atoms with Gasteiger partial charge >= 0.3 is 0 Å². The van der Waals surface area contributed by atoms with Crippen molar-refractivity contribution in [2.45, 2.75) is 6.92 Å². The maximum absolute atomic E-state index is 5.18. The lowest BCUT2D eigenvalue weighted by atomic mass is 9.88. The van der Waals surface area contributed by atoms with Crippen LogP contribution < -0.4 is 0 Å². The molecule has 0 amide bonds. The van der Waals surface area contributed by atoms with Gasteiger partial charge in [-0.15, -0.1) is 0 Å². The monoisotopic (exact) mass is 724 g/mol. The summed E-state index contributed by atoms with van der Waals surface area (Å²) in [4.78, 5) is 10.3. The molecule has 0 unspecified atom stereocenters. The average molecular weight is 725 g/mol. The molecule has 2 nitrogen and oxygen atoms in total. The van der Waals surface area contributed by atoms with Crippen molar-refractivity contribution in [1.82, 2.24) is 9.97 Å². The summed E-state index contributed by atoms with van der Waals surface area (Å²) in [5.74, 6) is 0.723. The molecule has 0 bridgehead atoms. The number of nitrogens with zero attached hydrogens (tertiary/aromatic N) is 2. The summed E-state index contributed by atoms with van der Waals surface area (Å²) in [6, 6.07) is 72.1. The van der Waals surface area contributed by atoms with Gasteiger partial charge in [-0.1, -0.05) is 200 Å². The molecule has 57 heavy (non-hydrogen) atoms. The van der Waals surface area contributed by atoms with E-state index in [9.17, 15) is 0 Å². The number of aromatic nitrogens is 2. The third-order valence-electron chi connectivity index (χ3n) is 11.7. The molecule has 2 heteroatoms. The second kappa shape index (κ2) is 13.4. The van der Waals surface area contributed by atoms with Crippen molar-refractivity contribution in [1.29, 1.82) is 0 Å². The molecule has 0 atom stereocenters. The zero-order valence-electron chi connectivity index (χ0n) is 31.4. The Hall–Kier alpha value is -7.42. The highest BCUT2D eigenvalue weighted by molar-refractivity contribution is 6.18. The second-order valence-corrected chi connectivity index (χ2v) is 14.9. The summed E-state index contributed by atoms with van der Waals surface area (Å²) in [6.45, 7) is 2.13. The largest absolute Gasteiger partial charge is 0.228 e. The van der Waals surface area contributed by atoms with Gasteiger partial charge in [0.1, 0.15) is 0 Å². The molecule has 9 aromatic carbocycles. The SMILES string of the molecule is Cc1c(-c2ccccc2)nc(-c2ccccc2)nc1-c1ccc(-c2c(-c3ccc(-c4ccc5c6c(cccc46)-c4ccccc4-5)cc3)ccc3ccccc23)cc1. The summed E-state index contributed by atoms with van der Waals surface area (Å²) >= 11 is 0. The molecule has 0 saturated carbocycles. The molecule has 0 fully saturated rings.